The van der Waals surface area contributed by atoms with E-state index in [-0.39, 0.29) is 4.90 Å². The number of halogens is 3. The lowest BCUT2D eigenvalue weighted by Gasteiger charge is -2.13. The molecule has 140 valence electrons. The van der Waals surface area contributed by atoms with Crippen LogP contribution >= 0.6 is 11.8 Å². The zero-order chi connectivity index (χ0) is 19.5. The van der Waals surface area contributed by atoms with E-state index in [4.69, 9.17) is 5.14 Å². The second-order valence-corrected chi connectivity index (χ2v) is 8.32. The molecule has 0 saturated heterocycles. The number of rotatable bonds is 5. The van der Waals surface area contributed by atoms with Crippen molar-refractivity contribution in [2.45, 2.75) is 28.1 Å². The maximum absolute atomic E-state index is 12.7. The van der Waals surface area contributed by atoms with Gasteiger partial charge >= 0.3 is 6.18 Å². The number of benzene rings is 2. The van der Waals surface area contributed by atoms with E-state index in [9.17, 15) is 26.4 Å². The first-order valence-corrected chi connectivity index (χ1v) is 9.67. The molecule has 10 heteroatoms. The standard InChI is InChI=1S/C16H15F3N2O3S2/c1-10(25-13-4-2-3-11(9-13)16(17,18)19)15(22)21-12-5-7-14(8-6-12)26(20,23)24/h2-10H,1H3,(H,21,22)(H2,20,23,24)/t10-/m1/s1. The third-order valence-electron chi connectivity index (χ3n) is 3.29. The van der Waals surface area contributed by atoms with Gasteiger partial charge in [-0.25, -0.2) is 13.6 Å². The van der Waals surface area contributed by atoms with Gasteiger partial charge in [-0.2, -0.15) is 13.2 Å². The minimum atomic E-state index is -4.45. The topological polar surface area (TPSA) is 89.3 Å². The van der Waals surface area contributed by atoms with Gasteiger partial charge in [0.2, 0.25) is 15.9 Å². The fourth-order valence-electron chi connectivity index (χ4n) is 1.98. The van der Waals surface area contributed by atoms with Crippen molar-refractivity contribution in [1.29, 1.82) is 0 Å². The summed E-state index contributed by atoms with van der Waals surface area (Å²) in [5.74, 6) is -0.434. The van der Waals surface area contributed by atoms with Gasteiger partial charge in [0.25, 0.3) is 0 Å². The summed E-state index contributed by atoms with van der Waals surface area (Å²) < 4.78 is 60.5. The van der Waals surface area contributed by atoms with Gasteiger partial charge in [-0.15, -0.1) is 11.8 Å². The number of thioether (sulfide) groups is 1. The smallest absolute Gasteiger partial charge is 0.325 e. The second kappa shape index (κ2) is 7.68. The monoisotopic (exact) mass is 404 g/mol. The number of hydrogen-bond donors (Lipinski definition) is 2. The number of carbonyl (C=O) groups excluding carboxylic acids is 1. The average Bonchev–Trinajstić information content (AvgIpc) is 2.54. The second-order valence-electron chi connectivity index (χ2n) is 5.34. The summed E-state index contributed by atoms with van der Waals surface area (Å²) in [5.41, 5.74) is -0.437. The minimum absolute atomic E-state index is 0.0955. The highest BCUT2D eigenvalue weighted by Crippen LogP contribution is 2.33. The summed E-state index contributed by atoms with van der Waals surface area (Å²) in [6.45, 7) is 1.55. The molecule has 0 fully saturated rings. The van der Waals surface area contributed by atoms with Crippen molar-refractivity contribution in [3.05, 3.63) is 54.1 Å². The zero-order valence-corrected chi connectivity index (χ0v) is 15.1. The van der Waals surface area contributed by atoms with E-state index in [1.807, 2.05) is 0 Å². The summed E-state index contributed by atoms with van der Waals surface area (Å²) in [5, 5.41) is 6.88. The Balaban J connectivity index is 2.04. The number of anilines is 1. The largest absolute Gasteiger partial charge is 0.416 e. The lowest BCUT2D eigenvalue weighted by molar-refractivity contribution is -0.137. The van der Waals surface area contributed by atoms with Crippen molar-refractivity contribution < 1.29 is 26.4 Å². The number of sulfonamides is 1. The molecule has 0 bridgehead atoms. The van der Waals surface area contributed by atoms with Crippen molar-refractivity contribution in [1.82, 2.24) is 0 Å². The first-order chi connectivity index (χ1) is 12.0. The molecule has 2 aromatic rings. The molecular formula is C16H15F3N2O3S2. The van der Waals surface area contributed by atoms with Crippen LogP contribution in [-0.4, -0.2) is 19.6 Å². The molecular weight excluding hydrogens is 389 g/mol. The molecule has 2 aromatic carbocycles. The summed E-state index contributed by atoms with van der Waals surface area (Å²) in [6.07, 6.45) is -4.45. The van der Waals surface area contributed by atoms with Crippen molar-refractivity contribution >= 4 is 33.4 Å². The van der Waals surface area contributed by atoms with Gasteiger partial charge in [0.15, 0.2) is 0 Å². The number of primary sulfonamides is 1. The lowest BCUT2D eigenvalue weighted by atomic mass is 10.2. The Bertz CT molecular complexity index is 898. The van der Waals surface area contributed by atoms with E-state index < -0.39 is 32.9 Å². The van der Waals surface area contributed by atoms with Gasteiger partial charge in [0.1, 0.15) is 0 Å². The number of carbonyl (C=O) groups is 1. The Morgan fingerprint density at radius 3 is 2.31 bits per heavy atom. The summed E-state index contributed by atoms with van der Waals surface area (Å²) in [4.78, 5) is 12.4. The highest BCUT2D eigenvalue weighted by molar-refractivity contribution is 8.00. The molecule has 0 aliphatic carbocycles. The quantitative estimate of drug-likeness (QED) is 0.747. The Labute approximate surface area is 152 Å². The number of amides is 1. The number of alkyl halides is 3. The van der Waals surface area contributed by atoms with Crippen LogP contribution in [0.4, 0.5) is 18.9 Å². The maximum Gasteiger partial charge on any atom is 0.416 e. The molecule has 26 heavy (non-hydrogen) atoms. The molecule has 1 amide bonds. The molecule has 0 heterocycles. The molecule has 0 aromatic heterocycles. The van der Waals surface area contributed by atoms with Crippen molar-refractivity contribution in [3.63, 3.8) is 0 Å². The molecule has 0 saturated carbocycles. The molecule has 0 aliphatic heterocycles. The van der Waals surface area contributed by atoms with Gasteiger partial charge in [0, 0.05) is 10.6 Å². The van der Waals surface area contributed by atoms with Crippen LogP contribution in [0.2, 0.25) is 0 Å². The molecule has 2 rings (SSSR count). The molecule has 0 radical (unpaired) electrons. The minimum Gasteiger partial charge on any atom is -0.325 e. The third kappa shape index (κ3) is 5.48. The van der Waals surface area contributed by atoms with Gasteiger partial charge in [-0.3, -0.25) is 4.79 Å². The SMILES string of the molecule is C[C@@H](Sc1cccc(C(F)(F)F)c1)C(=O)Nc1ccc(S(N)(=O)=O)cc1. The van der Waals surface area contributed by atoms with E-state index in [1.54, 1.807) is 6.92 Å². The van der Waals surface area contributed by atoms with Crippen LogP contribution in [-0.2, 0) is 21.0 Å². The van der Waals surface area contributed by atoms with Gasteiger partial charge < -0.3 is 5.32 Å². The Morgan fingerprint density at radius 1 is 1.15 bits per heavy atom. The fraction of sp³-hybridized carbons (Fsp3) is 0.188. The van der Waals surface area contributed by atoms with E-state index in [2.05, 4.69) is 5.32 Å². The zero-order valence-electron chi connectivity index (χ0n) is 13.4. The number of nitrogens with two attached hydrogens (primary N) is 1. The van der Waals surface area contributed by atoms with E-state index in [0.29, 0.717) is 10.6 Å². The molecule has 0 spiro atoms. The van der Waals surface area contributed by atoms with Crippen LogP contribution in [0.1, 0.15) is 12.5 Å². The molecule has 5 nitrogen and oxygen atoms in total. The van der Waals surface area contributed by atoms with E-state index in [0.717, 1.165) is 23.9 Å². The van der Waals surface area contributed by atoms with Gasteiger partial charge in [-0.1, -0.05) is 6.07 Å². The average molecular weight is 404 g/mol. The maximum atomic E-state index is 12.7. The van der Waals surface area contributed by atoms with Gasteiger partial charge in [0.05, 0.1) is 15.7 Å². The number of nitrogens with one attached hydrogen (secondary N) is 1. The molecule has 3 N–H and O–H groups in total. The molecule has 0 unspecified atom stereocenters. The van der Waals surface area contributed by atoms with E-state index in [1.165, 1.54) is 36.4 Å². The first-order valence-electron chi connectivity index (χ1n) is 7.24. The number of hydrogen-bond acceptors (Lipinski definition) is 4. The van der Waals surface area contributed by atoms with Crippen molar-refractivity contribution in [2.75, 3.05) is 5.32 Å². The van der Waals surface area contributed by atoms with Gasteiger partial charge in [-0.05, 0) is 49.4 Å². The van der Waals surface area contributed by atoms with Crippen LogP contribution < -0.4 is 10.5 Å². The molecule has 0 aliphatic rings. The fourth-order valence-corrected chi connectivity index (χ4v) is 3.42. The highest BCUT2D eigenvalue weighted by atomic mass is 32.2. The van der Waals surface area contributed by atoms with Crippen LogP contribution in [0.5, 0.6) is 0 Å². The Kier molecular flexibility index (Phi) is 5.99. The summed E-state index contributed by atoms with van der Waals surface area (Å²) >= 11 is 0.981. The van der Waals surface area contributed by atoms with Crippen molar-refractivity contribution in [3.8, 4) is 0 Å². The first kappa shape index (κ1) is 20.3. The molecule has 1 atom stereocenters. The van der Waals surface area contributed by atoms with Crippen LogP contribution in [0.25, 0.3) is 0 Å². The Morgan fingerprint density at radius 2 is 1.77 bits per heavy atom. The summed E-state index contributed by atoms with van der Waals surface area (Å²) in [7, 11) is -3.83. The normalized spacial score (nSPS) is 13.3. The van der Waals surface area contributed by atoms with Crippen LogP contribution in [0.3, 0.4) is 0 Å². The highest BCUT2D eigenvalue weighted by Gasteiger charge is 2.30. The van der Waals surface area contributed by atoms with Crippen molar-refractivity contribution in [2.24, 2.45) is 5.14 Å². The van der Waals surface area contributed by atoms with Crippen LogP contribution in [0, 0.1) is 0 Å². The van der Waals surface area contributed by atoms with Crippen LogP contribution in [0.15, 0.2) is 58.3 Å². The predicted octanol–water partition coefficient (Wildman–Crippen LogP) is 3.47. The lowest BCUT2D eigenvalue weighted by Crippen LogP contribution is -2.22. The third-order valence-corrected chi connectivity index (χ3v) is 5.32. The van der Waals surface area contributed by atoms with E-state index >= 15 is 0 Å². The summed E-state index contributed by atoms with van der Waals surface area (Å²) in [6, 6.07) is 9.95. The predicted molar refractivity (Wildman–Crippen MR) is 93.2 cm³/mol. The Hall–Kier alpha value is -2.04.